The van der Waals surface area contributed by atoms with E-state index in [1.165, 1.54) is 0 Å². The summed E-state index contributed by atoms with van der Waals surface area (Å²) >= 11 is 1.58. The van der Waals surface area contributed by atoms with Crippen molar-refractivity contribution < 1.29 is 4.74 Å². The summed E-state index contributed by atoms with van der Waals surface area (Å²) in [4.78, 5) is 5.43. The zero-order valence-electron chi connectivity index (χ0n) is 10.5. The molecule has 0 atom stereocenters. The smallest absolute Gasteiger partial charge is 0.212 e. The van der Waals surface area contributed by atoms with Gasteiger partial charge >= 0.3 is 0 Å². The van der Waals surface area contributed by atoms with Gasteiger partial charge in [-0.05, 0) is 18.7 Å². The van der Waals surface area contributed by atoms with Gasteiger partial charge in [-0.3, -0.25) is 0 Å². The van der Waals surface area contributed by atoms with Crippen LogP contribution < -0.4 is 10.5 Å². The lowest BCUT2D eigenvalue weighted by molar-refractivity contribution is 0.415. The van der Waals surface area contributed by atoms with Gasteiger partial charge in [0.2, 0.25) is 4.96 Å². The van der Waals surface area contributed by atoms with E-state index in [1.54, 1.807) is 18.4 Å². The summed E-state index contributed by atoms with van der Waals surface area (Å²) in [6.45, 7) is 0.611. The summed E-state index contributed by atoms with van der Waals surface area (Å²) in [5.41, 5.74) is 7.65. The normalized spacial score (nSPS) is 11.1. The SMILES string of the molecule is COc1cccc(-c2nc3scc(CCN)n3n2)c1. The lowest BCUT2D eigenvalue weighted by Gasteiger charge is -2.00. The average Bonchev–Trinajstić information content (AvgIpc) is 3.01. The second-order valence-electron chi connectivity index (χ2n) is 4.13. The Morgan fingerprint density at radius 1 is 1.42 bits per heavy atom. The molecule has 98 valence electrons. The fraction of sp³-hybridized carbons (Fsp3) is 0.231. The number of hydrogen-bond acceptors (Lipinski definition) is 5. The molecular formula is C13H14N4OS. The number of fused-ring (bicyclic) bond motifs is 1. The van der Waals surface area contributed by atoms with E-state index < -0.39 is 0 Å². The molecule has 5 nitrogen and oxygen atoms in total. The van der Waals surface area contributed by atoms with Crippen LogP contribution >= 0.6 is 11.3 Å². The average molecular weight is 274 g/mol. The number of hydrogen-bond donors (Lipinski definition) is 1. The van der Waals surface area contributed by atoms with E-state index in [9.17, 15) is 0 Å². The Morgan fingerprint density at radius 3 is 3.11 bits per heavy atom. The Morgan fingerprint density at radius 2 is 2.32 bits per heavy atom. The Hall–Kier alpha value is -1.92. The molecule has 0 fully saturated rings. The van der Waals surface area contributed by atoms with Crippen molar-refractivity contribution in [1.29, 1.82) is 0 Å². The fourth-order valence-corrected chi connectivity index (χ4v) is 2.79. The van der Waals surface area contributed by atoms with Crippen LogP contribution in [0, 0.1) is 0 Å². The molecule has 0 aliphatic heterocycles. The maximum Gasteiger partial charge on any atom is 0.212 e. The maximum atomic E-state index is 5.59. The van der Waals surface area contributed by atoms with Crippen LogP contribution in [0.2, 0.25) is 0 Å². The summed E-state index contributed by atoms with van der Waals surface area (Å²) in [6.07, 6.45) is 0.806. The van der Waals surface area contributed by atoms with Crippen LogP contribution in [0.5, 0.6) is 5.75 Å². The van der Waals surface area contributed by atoms with Gasteiger partial charge < -0.3 is 10.5 Å². The number of thiazole rings is 1. The lowest BCUT2D eigenvalue weighted by Crippen LogP contribution is -2.05. The first-order valence-corrected chi connectivity index (χ1v) is 6.87. The third-order valence-electron chi connectivity index (χ3n) is 2.88. The monoisotopic (exact) mass is 274 g/mol. The van der Waals surface area contributed by atoms with E-state index >= 15 is 0 Å². The molecule has 0 spiro atoms. The summed E-state index contributed by atoms with van der Waals surface area (Å²) in [5, 5.41) is 6.59. The second-order valence-corrected chi connectivity index (χ2v) is 4.96. The van der Waals surface area contributed by atoms with Gasteiger partial charge in [0.15, 0.2) is 5.82 Å². The van der Waals surface area contributed by atoms with Crippen molar-refractivity contribution in [2.75, 3.05) is 13.7 Å². The molecule has 6 heteroatoms. The quantitative estimate of drug-likeness (QED) is 0.790. The minimum atomic E-state index is 0.611. The highest BCUT2D eigenvalue weighted by atomic mass is 32.1. The van der Waals surface area contributed by atoms with Crippen molar-refractivity contribution in [2.45, 2.75) is 6.42 Å². The molecule has 0 bridgehead atoms. The maximum absolute atomic E-state index is 5.59. The molecule has 0 aliphatic rings. The van der Waals surface area contributed by atoms with E-state index in [0.29, 0.717) is 12.4 Å². The number of ether oxygens (including phenoxy) is 1. The molecule has 1 aromatic carbocycles. The summed E-state index contributed by atoms with van der Waals surface area (Å²) in [5.74, 6) is 1.52. The number of rotatable bonds is 4. The van der Waals surface area contributed by atoms with Crippen LogP contribution in [0.3, 0.4) is 0 Å². The Bertz CT molecular complexity index is 704. The molecule has 2 aromatic heterocycles. The van der Waals surface area contributed by atoms with Crippen LogP contribution in [0.4, 0.5) is 0 Å². The molecule has 19 heavy (non-hydrogen) atoms. The predicted molar refractivity (Wildman–Crippen MR) is 75.6 cm³/mol. The Balaban J connectivity index is 2.04. The van der Waals surface area contributed by atoms with Crippen molar-refractivity contribution in [3.8, 4) is 17.1 Å². The van der Waals surface area contributed by atoms with Gasteiger partial charge in [-0.1, -0.05) is 12.1 Å². The van der Waals surface area contributed by atoms with E-state index in [0.717, 1.165) is 28.4 Å². The van der Waals surface area contributed by atoms with Gasteiger partial charge in [0.25, 0.3) is 0 Å². The first-order valence-electron chi connectivity index (χ1n) is 5.99. The summed E-state index contributed by atoms with van der Waals surface area (Å²) < 4.78 is 7.09. The number of nitrogens with two attached hydrogens (primary N) is 1. The number of aromatic nitrogens is 3. The molecule has 2 N–H and O–H groups in total. The number of benzene rings is 1. The Kier molecular flexibility index (Phi) is 3.18. The van der Waals surface area contributed by atoms with Gasteiger partial charge in [0.05, 0.1) is 12.8 Å². The molecule has 0 saturated carbocycles. The van der Waals surface area contributed by atoms with Crippen LogP contribution in [-0.2, 0) is 6.42 Å². The van der Waals surface area contributed by atoms with E-state index in [2.05, 4.69) is 15.5 Å². The first kappa shape index (κ1) is 12.1. The van der Waals surface area contributed by atoms with Crippen LogP contribution in [-0.4, -0.2) is 28.3 Å². The molecule has 0 aliphatic carbocycles. The van der Waals surface area contributed by atoms with Gasteiger partial charge in [0, 0.05) is 17.4 Å². The standard InChI is InChI=1S/C13H14N4OS/c1-18-11-4-2-3-9(7-11)12-15-13-17(16-12)10(5-6-14)8-19-13/h2-4,7-8H,5-6,14H2,1H3. The molecule has 0 radical (unpaired) electrons. The van der Waals surface area contributed by atoms with E-state index in [4.69, 9.17) is 10.5 Å². The van der Waals surface area contributed by atoms with Gasteiger partial charge in [-0.25, -0.2) is 4.52 Å². The molecular weight excluding hydrogens is 260 g/mol. The van der Waals surface area contributed by atoms with Gasteiger partial charge in [-0.15, -0.1) is 16.4 Å². The van der Waals surface area contributed by atoms with Gasteiger partial charge in [0.1, 0.15) is 5.75 Å². The topological polar surface area (TPSA) is 65.4 Å². The largest absolute Gasteiger partial charge is 0.497 e. The summed E-state index contributed by atoms with van der Waals surface area (Å²) in [7, 11) is 1.65. The van der Waals surface area contributed by atoms with Crippen LogP contribution in [0.15, 0.2) is 29.6 Å². The lowest BCUT2D eigenvalue weighted by atomic mass is 10.2. The number of nitrogens with zero attached hydrogens (tertiary/aromatic N) is 3. The summed E-state index contributed by atoms with van der Waals surface area (Å²) in [6, 6.07) is 7.75. The fourth-order valence-electron chi connectivity index (χ4n) is 1.93. The van der Waals surface area contributed by atoms with Crippen molar-refractivity contribution in [2.24, 2.45) is 5.73 Å². The van der Waals surface area contributed by atoms with Gasteiger partial charge in [-0.2, -0.15) is 4.98 Å². The molecule has 0 unspecified atom stereocenters. The highest BCUT2D eigenvalue weighted by Gasteiger charge is 2.11. The molecule has 3 aromatic rings. The zero-order chi connectivity index (χ0) is 13.2. The second kappa shape index (κ2) is 4.99. The highest BCUT2D eigenvalue weighted by molar-refractivity contribution is 7.15. The molecule has 0 amide bonds. The number of methoxy groups -OCH3 is 1. The Labute approximate surface area is 114 Å². The van der Waals surface area contributed by atoms with E-state index in [-0.39, 0.29) is 0 Å². The van der Waals surface area contributed by atoms with Crippen molar-refractivity contribution >= 4 is 16.3 Å². The third kappa shape index (κ3) is 2.20. The minimum Gasteiger partial charge on any atom is -0.497 e. The van der Waals surface area contributed by atoms with Crippen molar-refractivity contribution in [1.82, 2.24) is 14.6 Å². The molecule has 0 saturated heterocycles. The van der Waals surface area contributed by atoms with E-state index in [1.807, 2.05) is 28.8 Å². The van der Waals surface area contributed by atoms with Crippen LogP contribution in [0.25, 0.3) is 16.3 Å². The van der Waals surface area contributed by atoms with Crippen LogP contribution in [0.1, 0.15) is 5.69 Å². The first-order chi connectivity index (χ1) is 9.31. The highest BCUT2D eigenvalue weighted by Crippen LogP contribution is 2.23. The zero-order valence-corrected chi connectivity index (χ0v) is 11.4. The minimum absolute atomic E-state index is 0.611. The third-order valence-corrected chi connectivity index (χ3v) is 3.74. The molecule has 2 heterocycles. The van der Waals surface area contributed by atoms with Crippen molar-refractivity contribution in [3.63, 3.8) is 0 Å². The molecule has 3 rings (SSSR count). The predicted octanol–water partition coefficient (Wildman–Crippen LogP) is 1.97. The van der Waals surface area contributed by atoms with Crippen molar-refractivity contribution in [3.05, 3.63) is 35.3 Å².